The lowest BCUT2D eigenvalue weighted by Gasteiger charge is -2.56. The number of hydrogen-bond acceptors (Lipinski definition) is 17. The van der Waals surface area contributed by atoms with Crippen LogP contribution in [0.25, 0.3) is 0 Å². The molecule has 6 N–H and O–H groups in total. The quantitative estimate of drug-likeness (QED) is 0.0715. The van der Waals surface area contributed by atoms with Crippen molar-refractivity contribution in [1.82, 2.24) is 0 Å². The summed E-state index contributed by atoms with van der Waals surface area (Å²) in [6, 6.07) is 0. The molecule has 0 aromatic rings. The summed E-state index contributed by atoms with van der Waals surface area (Å²) in [7, 11) is 1.57. The molecule has 0 radical (unpaired) electrons. The molecular weight excluding hydrogens is 1000 g/mol. The molecule has 17 nitrogen and oxygen atoms in total. The van der Waals surface area contributed by atoms with E-state index in [1.54, 1.807) is 14.0 Å². The number of fused-ring (bicyclic) bond motifs is 4. The van der Waals surface area contributed by atoms with E-state index in [1.165, 1.54) is 0 Å². The van der Waals surface area contributed by atoms with Crippen LogP contribution >= 0.6 is 0 Å². The van der Waals surface area contributed by atoms with Crippen LogP contribution in [0.3, 0.4) is 0 Å². The smallest absolute Gasteiger partial charge is 0.346 e. The number of aliphatic hydroxyl groups excluding tert-OH is 6. The number of ketones is 2. The first kappa shape index (κ1) is 61.2. The largest absolute Gasteiger partial charge is 0.511 e. The predicted molar refractivity (Wildman–Crippen MR) is 287 cm³/mol. The maximum absolute atomic E-state index is 15.7. The average Bonchev–Trinajstić information content (AvgIpc) is 3.88. The van der Waals surface area contributed by atoms with Crippen molar-refractivity contribution in [2.24, 2.45) is 58.2 Å². The minimum atomic E-state index is -1.62. The van der Waals surface area contributed by atoms with E-state index >= 15 is 4.79 Å². The van der Waals surface area contributed by atoms with Gasteiger partial charge in [-0.1, -0.05) is 89.8 Å². The second-order valence-corrected chi connectivity index (χ2v) is 25.4. The summed E-state index contributed by atoms with van der Waals surface area (Å²) in [6.07, 6.45) is -0.691. The number of Topliss-reactive ketones (excluding diaryl/α,β-unsaturated/α-hetero) is 2. The van der Waals surface area contributed by atoms with Crippen LogP contribution in [0.5, 0.6) is 0 Å². The van der Waals surface area contributed by atoms with Crippen LogP contribution in [0, 0.1) is 58.2 Å². The number of aliphatic hydroxyl groups is 6. The molecule has 8 rings (SSSR count). The monoisotopic (exact) mass is 1100 g/mol. The summed E-state index contributed by atoms with van der Waals surface area (Å²) in [4.78, 5) is 44.3. The molecule has 4 aliphatic heterocycles. The third-order valence-electron chi connectivity index (χ3n) is 20.3. The number of esters is 1. The zero-order chi connectivity index (χ0) is 57.1. The maximum Gasteiger partial charge on any atom is 0.346 e. The Morgan fingerprint density at radius 2 is 1.36 bits per heavy atom. The Morgan fingerprint density at radius 3 is 1.97 bits per heavy atom. The highest BCUT2D eigenvalue weighted by Crippen LogP contribution is 2.64. The highest BCUT2D eigenvalue weighted by Gasteiger charge is 2.67. The second kappa shape index (κ2) is 24.1. The highest BCUT2D eigenvalue weighted by atomic mass is 16.7. The number of ether oxygens (including phenoxy) is 8. The average molecular weight is 1100 g/mol. The van der Waals surface area contributed by atoms with E-state index in [0.717, 1.165) is 16.7 Å². The van der Waals surface area contributed by atoms with Gasteiger partial charge in [0.15, 0.2) is 24.5 Å². The van der Waals surface area contributed by atoms with Crippen LogP contribution in [0.2, 0.25) is 0 Å². The second-order valence-electron chi connectivity index (χ2n) is 25.4. The van der Waals surface area contributed by atoms with Crippen LogP contribution in [0.1, 0.15) is 154 Å². The fourth-order valence-electron chi connectivity index (χ4n) is 16.0. The third-order valence-corrected chi connectivity index (χ3v) is 20.3. The zero-order valence-electron chi connectivity index (χ0n) is 48.6. The summed E-state index contributed by atoms with van der Waals surface area (Å²) >= 11 is 0. The lowest BCUT2D eigenvalue weighted by Crippen LogP contribution is -2.57. The number of carbonyl (C=O) groups excluding carboxylic acids is 3. The van der Waals surface area contributed by atoms with E-state index in [4.69, 9.17) is 37.9 Å². The standard InChI is InChI=1S/C61H94O17/c1-14-39-21-38(28-62)19-31(5)53(75-47-24-44(66)54(36(10)73-47)76-48-25-45(71-13)55(37(11)74-48)77-46-23-43(65)52(67)35(9)72-46)29(3)17-16-18-59(12)26-32(6)33(7)27-61(59)57(69)49(58(70)78-61)56(68)60(15-2)50(39)30(4)20-40-42(64)22-41(63)34(8)51(40)60/h20-21,26,29,31,33-38,40,42-48,50-55,62,64-68H,14-19,22-25,27-28H2,1-13H3/b39-21+,56-49?/t29-,31-,33-,34+,35-,36-,37+,38-,40-,42+,43+,44+,45+,46-,47+,48+,50+,51-,52-,53-,54-,55+,59-,60-,61-/m1/s1. The van der Waals surface area contributed by atoms with E-state index < -0.39 is 144 Å². The van der Waals surface area contributed by atoms with Gasteiger partial charge in [-0.05, 0) is 90.4 Å². The van der Waals surface area contributed by atoms with Gasteiger partial charge in [-0.3, -0.25) is 9.59 Å². The Balaban J connectivity index is 1.09. The van der Waals surface area contributed by atoms with E-state index in [2.05, 4.69) is 26.0 Å². The first-order chi connectivity index (χ1) is 36.8. The van der Waals surface area contributed by atoms with E-state index in [-0.39, 0.29) is 80.0 Å². The maximum atomic E-state index is 15.7. The minimum Gasteiger partial charge on any atom is -0.511 e. The molecule has 5 fully saturated rings. The Kier molecular flexibility index (Phi) is 18.9. The summed E-state index contributed by atoms with van der Waals surface area (Å²) in [5, 5.41) is 68.8. The molecule has 1 saturated carbocycles. The Hall–Kier alpha value is -2.91. The SMILES string of the molecule is CC/C1=C\[C@H](CO)C[C@@H](C)[C@H](O[C@H]2C[C@H](O)[C@H](O[C@H]3C[C@H](OC)[C@@H](O[C@@H]4C[C@H](O)[C@H](O)[C@@H](C)O4)[C@H](C)O3)[C@@H](C)O2)[C@H](C)CCC[C@]2(C)C=C(C)[C@H](C)C[C@]23OC(=O)C(=C(O)[C@@]2(CC)[C@H]4[C@H](C=C(C)[C@@H]12)[C@@H](O)CC(=O)[C@@H]4C)C3=O. The van der Waals surface area contributed by atoms with Gasteiger partial charge in [0.2, 0.25) is 5.78 Å². The van der Waals surface area contributed by atoms with E-state index in [9.17, 15) is 40.2 Å². The first-order valence-electron chi connectivity index (χ1n) is 29.4. The topological polar surface area (TPSA) is 246 Å². The van der Waals surface area contributed by atoms with Gasteiger partial charge in [0.1, 0.15) is 35.4 Å². The molecule has 1 spiro atoms. The molecule has 0 amide bonds. The Bertz CT molecular complexity index is 2290. The number of allylic oxidation sites excluding steroid dienone is 4. The molecule has 440 valence electrons. The van der Waals surface area contributed by atoms with Crippen LogP contribution in [-0.4, -0.2) is 154 Å². The molecule has 4 heterocycles. The molecular formula is C61H94O17. The minimum absolute atomic E-state index is 0.0414. The normalized spacial score (nSPS) is 48.6. The van der Waals surface area contributed by atoms with Crippen LogP contribution in [0.4, 0.5) is 0 Å². The number of rotatable bonds is 10. The van der Waals surface area contributed by atoms with Gasteiger partial charge in [0.05, 0.1) is 48.8 Å². The van der Waals surface area contributed by atoms with Crippen molar-refractivity contribution in [2.45, 2.75) is 245 Å². The van der Waals surface area contributed by atoms with Crippen molar-refractivity contribution in [3.63, 3.8) is 0 Å². The van der Waals surface area contributed by atoms with Crippen LogP contribution in [-0.2, 0) is 52.3 Å². The summed E-state index contributed by atoms with van der Waals surface area (Å²) < 4.78 is 51.0. The lowest BCUT2D eigenvalue weighted by atomic mass is 9.47. The molecule has 0 aromatic heterocycles. The molecule has 25 atom stereocenters. The Morgan fingerprint density at radius 1 is 0.744 bits per heavy atom. The molecule has 78 heavy (non-hydrogen) atoms. The van der Waals surface area contributed by atoms with Gasteiger partial charge in [-0.2, -0.15) is 0 Å². The van der Waals surface area contributed by atoms with Gasteiger partial charge in [-0.15, -0.1) is 0 Å². The number of methoxy groups -OCH3 is 1. The summed E-state index contributed by atoms with van der Waals surface area (Å²) in [6.45, 7) is 23.2. The molecule has 0 aromatic carbocycles. The molecule has 17 heteroatoms. The summed E-state index contributed by atoms with van der Waals surface area (Å²) in [5.74, 6) is -5.19. The van der Waals surface area contributed by atoms with E-state index in [1.807, 2.05) is 68.4 Å². The first-order valence-corrected chi connectivity index (χ1v) is 29.4. The number of hydrogen-bond donors (Lipinski definition) is 6. The molecule has 0 unspecified atom stereocenters. The van der Waals surface area contributed by atoms with Crippen molar-refractivity contribution in [3.05, 3.63) is 46.3 Å². The Labute approximate surface area is 462 Å². The van der Waals surface area contributed by atoms with Crippen LogP contribution in [0.15, 0.2) is 46.3 Å². The highest BCUT2D eigenvalue weighted by molar-refractivity contribution is 6.26. The van der Waals surface area contributed by atoms with E-state index in [0.29, 0.717) is 32.1 Å². The molecule has 2 bridgehead atoms. The van der Waals surface area contributed by atoms with Gasteiger partial charge >= 0.3 is 5.97 Å². The van der Waals surface area contributed by atoms with Crippen molar-refractivity contribution in [3.8, 4) is 0 Å². The molecule has 8 aliphatic rings. The zero-order valence-corrected chi connectivity index (χ0v) is 48.6. The van der Waals surface area contributed by atoms with Crippen molar-refractivity contribution < 1.29 is 82.9 Å². The lowest BCUT2D eigenvalue weighted by molar-refractivity contribution is -0.338. The van der Waals surface area contributed by atoms with Crippen molar-refractivity contribution in [1.29, 1.82) is 0 Å². The van der Waals surface area contributed by atoms with Crippen LogP contribution < -0.4 is 0 Å². The van der Waals surface area contributed by atoms with Gasteiger partial charge in [0.25, 0.3) is 0 Å². The number of carbonyl (C=O) groups is 3. The van der Waals surface area contributed by atoms with Crippen molar-refractivity contribution >= 4 is 17.5 Å². The molecule has 4 saturated heterocycles. The van der Waals surface area contributed by atoms with Gasteiger partial charge in [0, 0.05) is 80.3 Å². The van der Waals surface area contributed by atoms with Gasteiger partial charge < -0.3 is 68.5 Å². The fourth-order valence-corrected chi connectivity index (χ4v) is 16.0. The molecule has 4 aliphatic carbocycles. The van der Waals surface area contributed by atoms with Gasteiger partial charge in [-0.25, -0.2) is 4.79 Å². The summed E-state index contributed by atoms with van der Waals surface area (Å²) in [5.41, 5.74) is -1.54. The van der Waals surface area contributed by atoms with Crippen molar-refractivity contribution in [2.75, 3.05) is 13.7 Å². The predicted octanol–water partition coefficient (Wildman–Crippen LogP) is 7.28. The third kappa shape index (κ3) is 11.1. The fraction of sp³-hybridized carbons (Fsp3) is 0.820.